The topological polar surface area (TPSA) is 79.9 Å². The van der Waals surface area contributed by atoms with E-state index in [1.165, 1.54) is 0 Å². The molecule has 0 aliphatic rings. The third-order valence-electron chi connectivity index (χ3n) is 3.26. The molecule has 0 saturated carbocycles. The van der Waals surface area contributed by atoms with Gasteiger partial charge in [-0.3, -0.25) is 9.89 Å². The van der Waals surface area contributed by atoms with Gasteiger partial charge in [-0.25, -0.2) is 4.98 Å². The number of thioether (sulfide) groups is 1. The summed E-state index contributed by atoms with van der Waals surface area (Å²) in [6.07, 6.45) is 5.22. The molecular weight excluding hydrogens is 300 g/mol. The molecule has 2 aromatic heterocycles. The Morgan fingerprint density at radius 1 is 1.36 bits per heavy atom. The summed E-state index contributed by atoms with van der Waals surface area (Å²) in [7, 11) is 1.55. The van der Waals surface area contributed by atoms with Crippen LogP contribution in [0.4, 0.5) is 5.69 Å². The molecule has 0 spiro atoms. The number of nitrogens with one attached hydrogen (secondary N) is 2. The van der Waals surface area contributed by atoms with Crippen molar-refractivity contribution in [1.29, 1.82) is 0 Å². The van der Waals surface area contributed by atoms with Crippen molar-refractivity contribution in [3.05, 3.63) is 42.2 Å². The Kier molecular flexibility index (Phi) is 3.97. The fourth-order valence-electron chi connectivity index (χ4n) is 2.14. The summed E-state index contributed by atoms with van der Waals surface area (Å²) in [5.74, 6) is 0.306. The Morgan fingerprint density at radius 2 is 2.23 bits per heavy atom. The first-order valence-corrected chi connectivity index (χ1v) is 7.77. The fourth-order valence-corrected chi connectivity index (χ4v) is 2.56. The van der Waals surface area contributed by atoms with Crippen LogP contribution in [0.2, 0.25) is 0 Å². The molecule has 3 rings (SSSR count). The smallest absolute Gasteiger partial charge is 0.259 e. The van der Waals surface area contributed by atoms with Crippen LogP contribution in [-0.2, 0) is 0 Å². The lowest BCUT2D eigenvalue weighted by Gasteiger charge is -2.11. The maximum absolute atomic E-state index is 12.5. The average Bonchev–Trinajstić information content (AvgIpc) is 3.03. The van der Waals surface area contributed by atoms with Gasteiger partial charge >= 0.3 is 0 Å². The number of ether oxygens (including phenoxy) is 1. The number of anilines is 1. The molecule has 112 valence electrons. The number of H-pyrrole nitrogens is 1. The minimum atomic E-state index is -0.238. The number of aromatic amines is 1. The molecule has 0 aliphatic carbocycles. The summed E-state index contributed by atoms with van der Waals surface area (Å²) >= 11 is 1.59. The van der Waals surface area contributed by atoms with Gasteiger partial charge in [0.2, 0.25) is 0 Å². The first-order chi connectivity index (χ1) is 10.7. The maximum Gasteiger partial charge on any atom is 0.259 e. The van der Waals surface area contributed by atoms with Crippen molar-refractivity contribution in [3.8, 4) is 5.75 Å². The van der Waals surface area contributed by atoms with Gasteiger partial charge in [-0.1, -0.05) is 0 Å². The lowest BCUT2D eigenvalue weighted by molar-refractivity contribution is 0.102. The minimum absolute atomic E-state index is 0.238. The summed E-state index contributed by atoms with van der Waals surface area (Å²) < 4.78 is 5.31. The fraction of sp³-hybridized carbons (Fsp3) is 0.133. The summed E-state index contributed by atoms with van der Waals surface area (Å²) in [5, 5.41) is 10.3. The Hall–Kier alpha value is -2.54. The largest absolute Gasteiger partial charge is 0.496 e. The van der Waals surface area contributed by atoms with Gasteiger partial charge in [0.1, 0.15) is 5.75 Å². The number of methoxy groups -OCH3 is 1. The van der Waals surface area contributed by atoms with Crippen LogP contribution >= 0.6 is 11.8 Å². The predicted octanol–water partition coefficient (Wildman–Crippen LogP) is 2.94. The Morgan fingerprint density at radius 3 is 3.00 bits per heavy atom. The standard InChI is InChI=1S/C15H14N4O2S/c1-21-13-7-9(22-2)3-4-10(13)15(20)18-12-5-6-16-14-11(12)8-17-19-14/h3-8H,1-2H3,(H2,16,17,18,19,20). The maximum atomic E-state index is 12.5. The molecule has 1 aromatic carbocycles. The first kappa shape index (κ1) is 14.4. The van der Waals surface area contributed by atoms with Gasteiger partial charge in [0, 0.05) is 11.1 Å². The zero-order valence-electron chi connectivity index (χ0n) is 12.1. The Balaban J connectivity index is 1.93. The van der Waals surface area contributed by atoms with Crippen molar-refractivity contribution in [2.45, 2.75) is 4.90 Å². The minimum Gasteiger partial charge on any atom is -0.496 e. The predicted molar refractivity (Wildman–Crippen MR) is 86.6 cm³/mol. The SMILES string of the molecule is COc1cc(SC)ccc1C(=O)Nc1ccnc2[nH]ncc12. The second-order valence-corrected chi connectivity index (χ2v) is 5.39. The molecule has 0 bridgehead atoms. The van der Waals surface area contributed by atoms with E-state index in [9.17, 15) is 4.79 Å². The van der Waals surface area contributed by atoms with Crippen LogP contribution in [-0.4, -0.2) is 34.5 Å². The van der Waals surface area contributed by atoms with Crippen molar-refractivity contribution in [2.24, 2.45) is 0 Å². The van der Waals surface area contributed by atoms with Crippen molar-refractivity contribution >= 4 is 34.4 Å². The molecular formula is C15H14N4O2S. The Bertz CT molecular complexity index is 831. The number of carbonyl (C=O) groups is 1. The van der Waals surface area contributed by atoms with Crippen LogP contribution < -0.4 is 10.1 Å². The molecule has 7 heteroatoms. The number of carbonyl (C=O) groups excluding carboxylic acids is 1. The van der Waals surface area contributed by atoms with Crippen LogP contribution in [0.25, 0.3) is 11.0 Å². The van der Waals surface area contributed by atoms with E-state index in [1.54, 1.807) is 43.4 Å². The number of aromatic nitrogens is 3. The van der Waals surface area contributed by atoms with Crippen molar-refractivity contribution in [1.82, 2.24) is 15.2 Å². The molecule has 0 atom stereocenters. The van der Waals surface area contributed by atoms with Crippen molar-refractivity contribution in [3.63, 3.8) is 0 Å². The number of hydrogen-bond acceptors (Lipinski definition) is 5. The van der Waals surface area contributed by atoms with E-state index in [0.29, 0.717) is 22.6 Å². The zero-order chi connectivity index (χ0) is 15.5. The molecule has 1 amide bonds. The second kappa shape index (κ2) is 6.07. The molecule has 0 aliphatic heterocycles. The van der Waals surface area contributed by atoms with E-state index in [4.69, 9.17) is 4.74 Å². The monoisotopic (exact) mass is 314 g/mol. The van der Waals surface area contributed by atoms with Gasteiger partial charge in [0.15, 0.2) is 5.65 Å². The van der Waals surface area contributed by atoms with E-state index in [-0.39, 0.29) is 5.91 Å². The summed E-state index contributed by atoms with van der Waals surface area (Å²) in [6, 6.07) is 7.23. The van der Waals surface area contributed by atoms with Crippen molar-refractivity contribution < 1.29 is 9.53 Å². The van der Waals surface area contributed by atoms with Gasteiger partial charge in [0.05, 0.1) is 29.9 Å². The number of rotatable bonds is 4. The molecule has 0 unspecified atom stereocenters. The normalized spacial score (nSPS) is 10.6. The van der Waals surface area contributed by atoms with E-state index >= 15 is 0 Å². The van der Waals surface area contributed by atoms with Crippen LogP contribution in [0.5, 0.6) is 5.75 Å². The van der Waals surface area contributed by atoms with Gasteiger partial charge in [-0.05, 0) is 30.5 Å². The third kappa shape index (κ3) is 2.62. The number of fused-ring (bicyclic) bond motifs is 1. The summed E-state index contributed by atoms with van der Waals surface area (Å²) in [6.45, 7) is 0. The number of hydrogen-bond donors (Lipinski definition) is 2. The number of amides is 1. The average molecular weight is 314 g/mol. The third-order valence-corrected chi connectivity index (χ3v) is 3.98. The molecule has 0 saturated heterocycles. The van der Waals surface area contributed by atoms with Gasteiger partial charge < -0.3 is 10.1 Å². The highest BCUT2D eigenvalue weighted by Crippen LogP contribution is 2.27. The van der Waals surface area contributed by atoms with Crippen LogP contribution in [0.3, 0.4) is 0 Å². The summed E-state index contributed by atoms with van der Waals surface area (Å²) in [4.78, 5) is 17.7. The molecule has 0 radical (unpaired) electrons. The summed E-state index contributed by atoms with van der Waals surface area (Å²) in [5.41, 5.74) is 1.76. The zero-order valence-corrected chi connectivity index (χ0v) is 12.9. The highest BCUT2D eigenvalue weighted by atomic mass is 32.2. The highest BCUT2D eigenvalue weighted by Gasteiger charge is 2.14. The molecule has 2 N–H and O–H groups in total. The Labute approximate surface area is 131 Å². The van der Waals surface area contributed by atoms with Gasteiger partial charge in [-0.15, -0.1) is 11.8 Å². The van der Waals surface area contributed by atoms with E-state index in [1.807, 2.05) is 18.4 Å². The van der Waals surface area contributed by atoms with Crippen LogP contribution in [0, 0.1) is 0 Å². The van der Waals surface area contributed by atoms with Gasteiger partial charge in [0.25, 0.3) is 5.91 Å². The van der Waals surface area contributed by atoms with E-state index < -0.39 is 0 Å². The molecule has 6 nitrogen and oxygen atoms in total. The highest BCUT2D eigenvalue weighted by molar-refractivity contribution is 7.98. The van der Waals surface area contributed by atoms with Crippen molar-refractivity contribution in [2.75, 3.05) is 18.7 Å². The van der Waals surface area contributed by atoms with E-state index in [2.05, 4.69) is 20.5 Å². The quantitative estimate of drug-likeness (QED) is 0.724. The first-order valence-electron chi connectivity index (χ1n) is 6.54. The number of pyridine rings is 1. The lowest BCUT2D eigenvalue weighted by Crippen LogP contribution is -2.13. The molecule has 0 fully saturated rings. The molecule has 3 aromatic rings. The lowest BCUT2D eigenvalue weighted by atomic mass is 10.1. The number of nitrogens with zero attached hydrogens (tertiary/aromatic N) is 2. The second-order valence-electron chi connectivity index (χ2n) is 4.51. The van der Waals surface area contributed by atoms with Crippen LogP contribution in [0.1, 0.15) is 10.4 Å². The van der Waals surface area contributed by atoms with Gasteiger partial charge in [-0.2, -0.15) is 5.10 Å². The van der Waals surface area contributed by atoms with Crippen LogP contribution in [0.15, 0.2) is 41.6 Å². The van der Waals surface area contributed by atoms with E-state index in [0.717, 1.165) is 10.3 Å². The molecule has 2 heterocycles. The molecule has 22 heavy (non-hydrogen) atoms. The number of benzene rings is 1.